The first-order valence-corrected chi connectivity index (χ1v) is 11.5. The van der Waals surface area contributed by atoms with Gasteiger partial charge in [0.1, 0.15) is 5.75 Å². The van der Waals surface area contributed by atoms with Gasteiger partial charge in [-0.15, -0.1) is 11.8 Å². The lowest BCUT2D eigenvalue weighted by Gasteiger charge is -2.12. The van der Waals surface area contributed by atoms with Crippen molar-refractivity contribution in [1.29, 1.82) is 0 Å². The molecule has 2 N–H and O–H groups in total. The van der Waals surface area contributed by atoms with E-state index < -0.39 is 0 Å². The number of nitrogens with one attached hydrogen (secondary N) is 2. The molecule has 0 bridgehead atoms. The Morgan fingerprint density at radius 2 is 1.75 bits per heavy atom. The van der Waals surface area contributed by atoms with Crippen molar-refractivity contribution in [3.8, 4) is 5.75 Å². The Hall–Kier alpha value is -2.38. The molecule has 0 aromatic heterocycles. The molecule has 0 saturated heterocycles. The average Bonchev–Trinajstić information content (AvgIpc) is 2.75. The molecule has 3 aromatic rings. The Bertz CT molecular complexity index is 1170. The van der Waals surface area contributed by atoms with E-state index in [0.29, 0.717) is 32.7 Å². The number of carbonyl (C=O) groups is 2. The van der Waals surface area contributed by atoms with Crippen molar-refractivity contribution in [2.75, 3.05) is 23.5 Å². The van der Waals surface area contributed by atoms with Crippen molar-refractivity contribution >= 4 is 69.8 Å². The van der Waals surface area contributed by atoms with E-state index in [-0.39, 0.29) is 22.6 Å². The van der Waals surface area contributed by atoms with E-state index >= 15 is 0 Å². The van der Waals surface area contributed by atoms with Gasteiger partial charge in [-0.05, 0) is 55.0 Å². The molecule has 32 heavy (non-hydrogen) atoms. The van der Waals surface area contributed by atoms with Crippen LogP contribution in [-0.4, -0.2) is 24.7 Å². The molecule has 0 saturated carbocycles. The lowest BCUT2D eigenvalue weighted by Crippen LogP contribution is -2.15. The largest absolute Gasteiger partial charge is 0.495 e. The molecule has 0 heterocycles. The Morgan fingerprint density at radius 1 is 0.969 bits per heavy atom. The number of thioether (sulfide) groups is 1. The zero-order chi connectivity index (χ0) is 23.3. The number of amides is 2. The Balaban J connectivity index is 1.62. The van der Waals surface area contributed by atoms with Crippen molar-refractivity contribution in [2.24, 2.45) is 0 Å². The quantitative estimate of drug-likeness (QED) is 0.338. The summed E-state index contributed by atoms with van der Waals surface area (Å²) in [7, 11) is 1.52. The van der Waals surface area contributed by atoms with Crippen LogP contribution in [0.3, 0.4) is 0 Å². The second-order valence-electron chi connectivity index (χ2n) is 6.74. The molecular weight excluding hydrogens is 491 g/mol. The van der Waals surface area contributed by atoms with Crippen molar-refractivity contribution < 1.29 is 14.3 Å². The summed E-state index contributed by atoms with van der Waals surface area (Å²) < 4.78 is 5.29. The average molecular weight is 510 g/mol. The molecule has 0 radical (unpaired) electrons. The van der Waals surface area contributed by atoms with Gasteiger partial charge in [-0.25, -0.2) is 0 Å². The van der Waals surface area contributed by atoms with Gasteiger partial charge >= 0.3 is 0 Å². The molecule has 0 spiro atoms. The standard InChI is InChI=1S/C23H19Cl3N2O3S/c1-13-8-20(21(31-2)11-18(13)25)28-22(29)12-32-16-5-3-4-15(10-16)27-23(30)17-7-6-14(24)9-19(17)26/h3-11H,12H2,1-2H3,(H,27,30)(H,28,29). The van der Waals surface area contributed by atoms with Gasteiger partial charge < -0.3 is 15.4 Å². The summed E-state index contributed by atoms with van der Waals surface area (Å²) >= 11 is 19.4. The number of rotatable bonds is 7. The Morgan fingerprint density at radius 3 is 2.47 bits per heavy atom. The van der Waals surface area contributed by atoms with Crippen molar-refractivity contribution in [1.82, 2.24) is 0 Å². The zero-order valence-electron chi connectivity index (χ0n) is 17.2. The van der Waals surface area contributed by atoms with Crippen LogP contribution in [0.1, 0.15) is 15.9 Å². The highest BCUT2D eigenvalue weighted by molar-refractivity contribution is 8.00. The van der Waals surface area contributed by atoms with E-state index in [2.05, 4.69) is 10.6 Å². The summed E-state index contributed by atoms with van der Waals surface area (Å²) in [5, 5.41) is 6.93. The third kappa shape index (κ3) is 6.33. The summed E-state index contributed by atoms with van der Waals surface area (Å²) in [5.74, 6) is 0.115. The molecule has 5 nitrogen and oxygen atoms in total. The normalized spacial score (nSPS) is 10.5. The molecule has 3 aromatic carbocycles. The molecule has 0 unspecified atom stereocenters. The number of ether oxygens (including phenoxy) is 1. The van der Waals surface area contributed by atoms with Gasteiger partial charge in [-0.1, -0.05) is 40.9 Å². The SMILES string of the molecule is COc1cc(Cl)c(C)cc1NC(=O)CSc1cccc(NC(=O)c2ccc(Cl)cc2Cl)c1. The molecule has 0 aliphatic carbocycles. The first-order valence-electron chi connectivity index (χ1n) is 9.40. The molecule has 9 heteroatoms. The second-order valence-corrected chi connectivity index (χ2v) is 9.04. The highest BCUT2D eigenvalue weighted by Gasteiger charge is 2.13. The number of anilines is 2. The lowest BCUT2D eigenvalue weighted by atomic mass is 10.2. The van der Waals surface area contributed by atoms with E-state index in [1.165, 1.54) is 24.9 Å². The Kier molecular flexibility index (Phi) is 8.32. The fourth-order valence-corrected chi connectivity index (χ4v) is 4.20. The van der Waals surface area contributed by atoms with Gasteiger partial charge in [-0.3, -0.25) is 9.59 Å². The van der Waals surface area contributed by atoms with Crippen molar-refractivity contribution in [3.05, 3.63) is 80.8 Å². The van der Waals surface area contributed by atoms with Gasteiger partial charge in [0.15, 0.2) is 0 Å². The first-order chi connectivity index (χ1) is 15.3. The lowest BCUT2D eigenvalue weighted by molar-refractivity contribution is -0.113. The van der Waals surface area contributed by atoms with Crippen LogP contribution in [0, 0.1) is 6.92 Å². The molecule has 166 valence electrons. The van der Waals surface area contributed by atoms with E-state index in [1.807, 2.05) is 13.0 Å². The number of hydrogen-bond donors (Lipinski definition) is 2. The van der Waals surface area contributed by atoms with E-state index in [4.69, 9.17) is 39.5 Å². The van der Waals surface area contributed by atoms with Crippen LogP contribution in [0.2, 0.25) is 15.1 Å². The van der Waals surface area contributed by atoms with E-state index in [1.54, 1.807) is 42.5 Å². The van der Waals surface area contributed by atoms with Crippen LogP contribution in [0.4, 0.5) is 11.4 Å². The molecule has 0 fully saturated rings. The van der Waals surface area contributed by atoms with Crippen LogP contribution < -0.4 is 15.4 Å². The van der Waals surface area contributed by atoms with Gasteiger partial charge in [0, 0.05) is 26.7 Å². The van der Waals surface area contributed by atoms with Gasteiger partial charge in [-0.2, -0.15) is 0 Å². The minimum absolute atomic E-state index is 0.172. The molecule has 3 rings (SSSR count). The van der Waals surface area contributed by atoms with Crippen molar-refractivity contribution in [3.63, 3.8) is 0 Å². The maximum Gasteiger partial charge on any atom is 0.257 e. The summed E-state index contributed by atoms with van der Waals surface area (Å²) in [6.07, 6.45) is 0. The van der Waals surface area contributed by atoms with Crippen LogP contribution in [0.25, 0.3) is 0 Å². The van der Waals surface area contributed by atoms with Crippen LogP contribution in [-0.2, 0) is 4.79 Å². The Labute approximate surface area is 205 Å². The zero-order valence-corrected chi connectivity index (χ0v) is 20.3. The molecule has 2 amide bonds. The minimum Gasteiger partial charge on any atom is -0.495 e. The number of hydrogen-bond acceptors (Lipinski definition) is 4. The topological polar surface area (TPSA) is 67.4 Å². The molecule has 0 atom stereocenters. The third-order valence-electron chi connectivity index (χ3n) is 4.39. The maximum atomic E-state index is 12.5. The van der Waals surface area contributed by atoms with E-state index in [0.717, 1.165) is 10.5 Å². The van der Waals surface area contributed by atoms with Crippen molar-refractivity contribution in [2.45, 2.75) is 11.8 Å². The smallest absolute Gasteiger partial charge is 0.257 e. The second kappa shape index (κ2) is 11.0. The van der Waals surface area contributed by atoms with Crippen LogP contribution in [0.15, 0.2) is 59.5 Å². The summed E-state index contributed by atoms with van der Waals surface area (Å²) in [5.41, 5.74) is 2.29. The highest BCUT2D eigenvalue weighted by atomic mass is 35.5. The predicted octanol–water partition coefficient (Wildman–Crippen LogP) is 6.95. The van der Waals surface area contributed by atoms with Gasteiger partial charge in [0.05, 0.1) is 29.1 Å². The van der Waals surface area contributed by atoms with Crippen LogP contribution >= 0.6 is 46.6 Å². The van der Waals surface area contributed by atoms with Gasteiger partial charge in [0.25, 0.3) is 5.91 Å². The van der Waals surface area contributed by atoms with Crippen LogP contribution in [0.5, 0.6) is 5.75 Å². The summed E-state index contributed by atoms with van der Waals surface area (Å²) in [6.45, 7) is 1.85. The summed E-state index contributed by atoms with van der Waals surface area (Å²) in [4.78, 5) is 25.8. The van der Waals surface area contributed by atoms with E-state index in [9.17, 15) is 9.59 Å². The number of aryl methyl sites for hydroxylation is 1. The number of methoxy groups -OCH3 is 1. The maximum absolute atomic E-state index is 12.5. The fourth-order valence-electron chi connectivity index (χ4n) is 2.80. The van der Waals surface area contributed by atoms with Gasteiger partial charge in [0.2, 0.25) is 5.91 Å². The highest BCUT2D eigenvalue weighted by Crippen LogP contribution is 2.31. The summed E-state index contributed by atoms with van der Waals surface area (Å²) in [6, 6.07) is 15.3. The predicted molar refractivity (Wildman–Crippen MR) is 133 cm³/mol. The minimum atomic E-state index is -0.350. The molecule has 0 aliphatic heterocycles. The number of carbonyl (C=O) groups excluding carboxylic acids is 2. The molecule has 0 aliphatic rings. The first kappa shape index (κ1) is 24.3. The monoisotopic (exact) mass is 508 g/mol. The number of benzene rings is 3. The molecular formula is C23H19Cl3N2O3S. The third-order valence-corrected chi connectivity index (χ3v) is 6.34. The number of halogens is 3. The fraction of sp³-hybridized carbons (Fsp3) is 0.130.